The van der Waals surface area contributed by atoms with E-state index in [9.17, 15) is 13.6 Å². The van der Waals surface area contributed by atoms with Crippen molar-refractivity contribution in [2.75, 3.05) is 12.8 Å². The average molecular weight is 256 g/mol. The predicted octanol–water partition coefficient (Wildman–Crippen LogP) is 1.46. The van der Waals surface area contributed by atoms with Crippen LogP contribution in [-0.4, -0.2) is 19.7 Å². The Morgan fingerprint density at radius 1 is 1.56 bits per heavy atom. The number of carbonyl (C=O) groups is 1. The lowest BCUT2D eigenvalue weighted by Crippen LogP contribution is -2.10. The first kappa shape index (κ1) is 13.7. The smallest absolute Gasteiger partial charge is 0.387 e. The van der Waals surface area contributed by atoms with Gasteiger partial charge in [0.05, 0.1) is 24.8 Å². The maximum Gasteiger partial charge on any atom is 0.387 e. The summed E-state index contributed by atoms with van der Waals surface area (Å²) in [6.45, 7) is -3.05. The number of esters is 1. The largest absolute Gasteiger partial charge is 0.469 e. The van der Waals surface area contributed by atoms with Crippen LogP contribution in [0.5, 0.6) is 5.75 Å². The monoisotopic (exact) mass is 256 g/mol. The molecule has 0 saturated heterocycles. The van der Waals surface area contributed by atoms with Crippen LogP contribution in [0.4, 0.5) is 14.5 Å². The number of benzene rings is 1. The van der Waals surface area contributed by atoms with E-state index in [4.69, 9.17) is 11.0 Å². The molecule has 0 radical (unpaired) electrons. The molecule has 7 heteroatoms. The van der Waals surface area contributed by atoms with E-state index in [1.54, 1.807) is 6.07 Å². The topological polar surface area (TPSA) is 85.3 Å². The molecule has 0 saturated carbocycles. The van der Waals surface area contributed by atoms with Crippen LogP contribution in [0, 0.1) is 11.3 Å². The van der Waals surface area contributed by atoms with Crippen molar-refractivity contribution >= 4 is 11.7 Å². The minimum absolute atomic E-state index is 0.00164. The molecule has 96 valence electrons. The first-order chi connectivity index (χ1) is 8.47. The Bertz CT molecular complexity index is 498. The summed E-state index contributed by atoms with van der Waals surface area (Å²) in [5.74, 6) is -0.880. The van der Waals surface area contributed by atoms with Crippen molar-refractivity contribution in [2.24, 2.45) is 0 Å². The number of nitrogen functional groups attached to an aromatic ring is 1. The van der Waals surface area contributed by atoms with E-state index >= 15 is 0 Å². The standard InChI is InChI=1S/C11H10F2N2O3/c1-17-10(16)3-6-2-7(5-14)8(15)4-9(6)18-11(12)13/h2,4,11H,3,15H2,1H3. The van der Waals surface area contributed by atoms with Gasteiger partial charge in [0.1, 0.15) is 11.8 Å². The van der Waals surface area contributed by atoms with Gasteiger partial charge >= 0.3 is 12.6 Å². The lowest BCUT2D eigenvalue weighted by atomic mass is 10.1. The second-order valence-corrected chi connectivity index (χ2v) is 3.29. The molecule has 0 fully saturated rings. The first-order valence-corrected chi connectivity index (χ1v) is 4.82. The average Bonchev–Trinajstić information content (AvgIpc) is 2.31. The van der Waals surface area contributed by atoms with Gasteiger partial charge in [0.15, 0.2) is 0 Å². The molecular formula is C11H10F2N2O3. The maximum atomic E-state index is 12.2. The van der Waals surface area contributed by atoms with Crippen molar-refractivity contribution in [3.63, 3.8) is 0 Å². The molecule has 0 amide bonds. The fourth-order valence-electron chi connectivity index (χ4n) is 1.31. The Labute approximate surface area is 102 Å². The van der Waals surface area contributed by atoms with Gasteiger partial charge in [0.25, 0.3) is 0 Å². The number of nitrogens with zero attached hydrogens (tertiary/aromatic N) is 1. The van der Waals surface area contributed by atoms with E-state index in [-0.39, 0.29) is 29.0 Å². The third-order valence-corrected chi connectivity index (χ3v) is 2.13. The van der Waals surface area contributed by atoms with Crippen LogP contribution in [0.3, 0.4) is 0 Å². The Balaban J connectivity index is 3.17. The molecule has 1 aromatic rings. The Hall–Kier alpha value is -2.36. The second-order valence-electron chi connectivity index (χ2n) is 3.29. The molecule has 0 spiro atoms. The second kappa shape index (κ2) is 5.82. The molecule has 0 bridgehead atoms. The van der Waals surface area contributed by atoms with Crippen LogP contribution in [0.1, 0.15) is 11.1 Å². The van der Waals surface area contributed by atoms with Gasteiger partial charge in [-0.05, 0) is 6.07 Å². The molecule has 0 aliphatic carbocycles. The van der Waals surface area contributed by atoms with E-state index in [0.29, 0.717) is 0 Å². The summed E-state index contributed by atoms with van der Waals surface area (Å²) in [4.78, 5) is 11.1. The van der Waals surface area contributed by atoms with Gasteiger partial charge in [-0.15, -0.1) is 0 Å². The SMILES string of the molecule is COC(=O)Cc1cc(C#N)c(N)cc1OC(F)F. The number of rotatable bonds is 4. The highest BCUT2D eigenvalue weighted by molar-refractivity contribution is 5.74. The molecule has 1 rings (SSSR count). The molecule has 0 heterocycles. The molecule has 0 aliphatic heterocycles. The van der Waals surface area contributed by atoms with Crippen molar-refractivity contribution in [2.45, 2.75) is 13.0 Å². The molecular weight excluding hydrogens is 246 g/mol. The number of nitriles is 1. The minimum Gasteiger partial charge on any atom is -0.469 e. The van der Waals surface area contributed by atoms with Gasteiger partial charge in [-0.2, -0.15) is 14.0 Å². The van der Waals surface area contributed by atoms with Crippen LogP contribution < -0.4 is 10.5 Å². The van der Waals surface area contributed by atoms with Crippen molar-refractivity contribution in [1.82, 2.24) is 0 Å². The van der Waals surface area contributed by atoms with Gasteiger partial charge in [0, 0.05) is 11.6 Å². The number of hydrogen-bond acceptors (Lipinski definition) is 5. The predicted molar refractivity (Wildman–Crippen MR) is 57.9 cm³/mol. The number of methoxy groups -OCH3 is 1. The maximum absolute atomic E-state index is 12.2. The fraction of sp³-hybridized carbons (Fsp3) is 0.273. The molecule has 1 aromatic carbocycles. The van der Waals surface area contributed by atoms with Gasteiger partial charge in [-0.1, -0.05) is 0 Å². The zero-order chi connectivity index (χ0) is 13.7. The highest BCUT2D eigenvalue weighted by Gasteiger charge is 2.16. The number of ether oxygens (including phenoxy) is 2. The highest BCUT2D eigenvalue weighted by atomic mass is 19.3. The lowest BCUT2D eigenvalue weighted by Gasteiger charge is -2.11. The normalized spacial score (nSPS) is 9.94. The summed E-state index contributed by atoms with van der Waals surface area (Å²) in [7, 11) is 1.17. The first-order valence-electron chi connectivity index (χ1n) is 4.82. The van der Waals surface area contributed by atoms with E-state index in [1.807, 2.05) is 0 Å². The molecule has 5 nitrogen and oxygen atoms in total. The number of anilines is 1. The van der Waals surface area contributed by atoms with Crippen molar-refractivity contribution in [3.8, 4) is 11.8 Å². The van der Waals surface area contributed by atoms with Gasteiger partial charge in [-0.25, -0.2) is 0 Å². The molecule has 0 aromatic heterocycles. The summed E-state index contributed by atoms with van der Waals surface area (Å²) in [6, 6.07) is 4.10. The van der Waals surface area contributed by atoms with Crippen molar-refractivity contribution in [3.05, 3.63) is 23.3 Å². The molecule has 2 N–H and O–H groups in total. The highest BCUT2D eigenvalue weighted by Crippen LogP contribution is 2.27. The number of hydrogen-bond donors (Lipinski definition) is 1. The molecule has 0 unspecified atom stereocenters. The molecule has 0 aliphatic rings. The van der Waals surface area contributed by atoms with Crippen LogP contribution in [-0.2, 0) is 16.0 Å². The summed E-state index contributed by atoms with van der Waals surface area (Å²) < 4.78 is 33.0. The number of nitrogens with two attached hydrogens (primary N) is 1. The Morgan fingerprint density at radius 2 is 2.22 bits per heavy atom. The Morgan fingerprint density at radius 3 is 2.72 bits per heavy atom. The summed E-state index contributed by atoms with van der Waals surface area (Å²) in [6.07, 6.45) is -0.284. The van der Waals surface area contributed by atoms with E-state index in [1.165, 1.54) is 13.2 Å². The summed E-state index contributed by atoms with van der Waals surface area (Å²) in [5.41, 5.74) is 5.68. The summed E-state index contributed by atoms with van der Waals surface area (Å²) >= 11 is 0. The third-order valence-electron chi connectivity index (χ3n) is 2.13. The Kier molecular flexibility index (Phi) is 4.43. The van der Waals surface area contributed by atoms with Crippen LogP contribution >= 0.6 is 0 Å². The number of alkyl halides is 2. The van der Waals surface area contributed by atoms with Crippen LogP contribution in [0.2, 0.25) is 0 Å². The van der Waals surface area contributed by atoms with Gasteiger partial charge < -0.3 is 15.2 Å². The van der Waals surface area contributed by atoms with Gasteiger partial charge in [0.2, 0.25) is 0 Å². The van der Waals surface area contributed by atoms with Crippen LogP contribution in [0.25, 0.3) is 0 Å². The molecule has 0 atom stereocenters. The zero-order valence-electron chi connectivity index (χ0n) is 9.44. The summed E-state index contributed by atoms with van der Waals surface area (Å²) in [5, 5.41) is 8.77. The number of carbonyl (C=O) groups excluding carboxylic acids is 1. The third kappa shape index (κ3) is 3.31. The van der Waals surface area contributed by atoms with E-state index < -0.39 is 12.6 Å². The van der Waals surface area contributed by atoms with Crippen molar-refractivity contribution < 1.29 is 23.0 Å². The van der Waals surface area contributed by atoms with Gasteiger partial charge in [-0.3, -0.25) is 4.79 Å². The fourth-order valence-corrected chi connectivity index (χ4v) is 1.31. The van der Waals surface area contributed by atoms with E-state index in [0.717, 1.165) is 6.07 Å². The van der Waals surface area contributed by atoms with Crippen molar-refractivity contribution in [1.29, 1.82) is 5.26 Å². The minimum atomic E-state index is -3.05. The van der Waals surface area contributed by atoms with E-state index in [2.05, 4.69) is 9.47 Å². The van der Waals surface area contributed by atoms with Crippen LogP contribution in [0.15, 0.2) is 12.1 Å². The quantitative estimate of drug-likeness (QED) is 0.651. The lowest BCUT2D eigenvalue weighted by molar-refractivity contribution is -0.139. The number of halogens is 2. The zero-order valence-corrected chi connectivity index (χ0v) is 9.44. The molecule has 18 heavy (non-hydrogen) atoms.